The summed E-state index contributed by atoms with van der Waals surface area (Å²) in [6, 6.07) is 18.7. The van der Waals surface area contributed by atoms with Crippen molar-refractivity contribution in [2.45, 2.75) is 32.4 Å². The summed E-state index contributed by atoms with van der Waals surface area (Å²) < 4.78 is 0. The van der Waals surface area contributed by atoms with Crippen LogP contribution in [0.2, 0.25) is 0 Å². The summed E-state index contributed by atoms with van der Waals surface area (Å²) in [6.07, 6.45) is -0.257. The predicted molar refractivity (Wildman–Crippen MR) is 111 cm³/mol. The lowest BCUT2D eigenvalue weighted by molar-refractivity contribution is -0.136. The molecule has 2 heterocycles. The molecule has 0 unspecified atom stereocenters. The molecule has 4 rings (SSSR count). The van der Waals surface area contributed by atoms with E-state index in [4.69, 9.17) is 0 Å². The Kier molecular flexibility index (Phi) is 4.65. The zero-order valence-corrected chi connectivity index (χ0v) is 16.6. The minimum atomic E-state index is -1.84. The third kappa shape index (κ3) is 3.07. The number of amides is 1. The van der Waals surface area contributed by atoms with Crippen LogP contribution in [0.3, 0.4) is 0 Å². The second kappa shape index (κ2) is 7.00. The van der Waals surface area contributed by atoms with Gasteiger partial charge in [0.2, 0.25) is 0 Å². The van der Waals surface area contributed by atoms with E-state index in [0.29, 0.717) is 22.7 Å². The Morgan fingerprint density at radius 2 is 1.75 bits per heavy atom. The average Bonchev–Trinajstić information content (AvgIpc) is 3.20. The Labute approximate surface area is 168 Å². The molecule has 0 spiro atoms. The van der Waals surface area contributed by atoms with Crippen LogP contribution in [0.1, 0.15) is 37.7 Å². The molecule has 1 aliphatic heterocycles. The number of carbonyl (C=O) groups is 2. The third-order valence-electron chi connectivity index (χ3n) is 5.26. The Hall–Kier alpha value is -2.76. The molecule has 3 aromatic rings. The van der Waals surface area contributed by atoms with Crippen LogP contribution < -0.4 is 4.90 Å². The van der Waals surface area contributed by atoms with E-state index in [-0.39, 0.29) is 12.2 Å². The standard InChI is InChI=1S/C23H21NO3S/c1-15-7-3-4-8-17(15)14-24-19-10-6-5-9-18(19)23(27,22(24)26)13-20(25)21-12-11-16(2)28-21/h3-12,27H,13-14H2,1-2H3/t23-/m0/s1. The molecule has 5 heteroatoms. The molecule has 1 atom stereocenters. The number of thiophene rings is 1. The fourth-order valence-electron chi connectivity index (χ4n) is 3.70. The highest BCUT2D eigenvalue weighted by molar-refractivity contribution is 7.14. The number of anilines is 1. The number of aryl methyl sites for hydroxylation is 2. The van der Waals surface area contributed by atoms with E-state index in [9.17, 15) is 14.7 Å². The molecule has 1 amide bonds. The number of ketones is 1. The van der Waals surface area contributed by atoms with Crippen molar-refractivity contribution in [1.82, 2.24) is 0 Å². The van der Waals surface area contributed by atoms with Gasteiger partial charge in [0.1, 0.15) is 0 Å². The first-order valence-electron chi connectivity index (χ1n) is 9.18. The lowest BCUT2D eigenvalue weighted by Crippen LogP contribution is -2.41. The minimum Gasteiger partial charge on any atom is -0.375 e. The zero-order chi connectivity index (χ0) is 19.9. The molecule has 28 heavy (non-hydrogen) atoms. The van der Waals surface area contributed by atoms with E-state index >= 15 is 0 Å². The quantitative estimate of drug-likeness (QED) is 0.657. The zero-order valence-electron chi connectivity index (χ0n) is 15.8. The molecule has 1 aromatic heterocycles. The van der Waals surface area contributed by atoms with Crippen LogP contribution in [0.25, 0.3) is 0 Å². The smallest absolute Gasteiger partial charge is 0.264 e. The third-order valence-corrected chi connectivity index (χ3v) is 6.30. The van der Waals surface area contributed by atoms with Crippen LogP contribution in [0.4, 0.5) is 5.69 Å². The number of carbonyl (C=O) groups excluding carboxylic acids is 2. The number of Topliss-reactive ketones (excluding diaryl/α,β-unsaturated/α-hetero) is 1. The number of aliphatic hydroxyl groups is 1. The lowest BCUT2D eigenvalue weighted by Gasteiger charge is -2.23. The summed E-state index contributed by atoms with van der Waals surface area (Å²) in [5.74, 6) is -0.667. The number of fused-ring (bicyclic) bond motifs is 1. The molecule has 0 radical (unpaired) electrons. The van der Waals surface area contributed by atoms with Crippen LogP contribution in [0.15, 0.2) is 60.7 Å². The van der Waals surface area contributed by atoms with Crippen molar-refractivity contribution < 1.29 is 14.7 Å². The first kappa shape index (κ1) is 18.6. The first-order valence-corrected chi connectivity index (χ1v) is 10.00. The van der Waals surface area contributed by atoms with Gasteiger partial charge in [-0.25, -0.2) is 0 Å². The Bertz CT molecular complexity index is 1070. The van der Waals surface area contributed by atoms with Crippen LogP contribution in [0.5, 0.6) is 0 Å². The van der Waals surface area contributed by atoms with Crippen LogP contribution >= 0.6 is 11.3 Å². The van der Waals surface area contributed by atoms with Crippen molar-refractivity contribution in [1.29, 1.82) is 0 Å². The molecule has 0 bridgehead atoms. The summed E-state index contributed by atoms with van der Waals surface area (Å²) in [5, 5.41) is 11.4. The van der Waals surface area contributed by atoms with Crippen molar-refractivity contribution in [3.63, 3.8) is 0 Å². The first-order chi connectivity index (χ1) is 13.4. The molecule has 1 aliphatic rings. The van der Waals surface area contributed by atoms with Gasteiger partial charge < -0.3 is 10.0 Å². The molecular formula is C23H21NO3S. The molecule has 0 fully saturated rings. The van der Waals surface area contributed by atoms with Gasteiger partial charge in [0, 0.05) is 10.4 Å². The molecule has 0 aliphatic carbocycles. The summed E-state index contributed by atoms with van der Waals surface area (Å²) in [4.78, 5) is 29.2. The predicted octanol–water partition coefficient (Wildman–Crippen LogP) is 4.37. The number of benzene rings is 2. The van der Waals surface area contributed by atoms with Crippen molar-refractivity contribution >= 4 is 28.7 Å². The van der Waals surface area contributed by atoms with Crippen molar-refractivity contribution in [3.8, 4) is 0 Å². The van der Waals surface area contributed by atoms with Gasteiger partial charge in [-0.1, -0.05) is 42.5 Å². The molecule has 142 valence electrons. The SMILES string of the molecule is Cc1ccc(C(=O)C[C@@]2(O)C(=O)N(Cc3ccccc3C)c3ccccc32)s1. The van der Waals surface area contributed by atoms with Crippen LogP contribution in [-0.2, 0) is 16.9 Å². The second-order valence-corrected chi connectivity index (χ2v) is 8.49. The summed E-state index contributed by atoms with van der Waals surface area (Å²) in [7, 11) is 0. The monoisotopic (exact) mass is 391 g/mol. The summed E-state index contributed by atoms with van der Waals surface area (Å²) in [5.41, 5.74) is 1.40. The maximum absolute atomic E-state index is 13.3. The van der Waals surface area contributed by atoms with E-state index in [1.54, 1.807) is 23.1 Å². The largest absolute Gasteiger partial charge is 0.375 e. The highest BCUT2D eigenvalue weighted by Gasteiger charge is 2.50. The summed E-state index contributed by atoms with van der Waals surface area (Å²) in [6.45, 7) is 4.28. The highest BCUT2D eigenvalue weighted by atomic mass is 32.1. The number of hydrogen-bond acceptors (Lipinski definition) is 4. The highest BCUT2D eigenvalue weighted by Crippen LogP contribution is 2.43. The number of nitrogens with zero attached hydrogens (tertiary/aromatic N) is 1. The van der Waals surface area contributed by atoms with Gasteiger partial charge >= 0.3 is 0 Å². The fourth-order valence-corrected chi connectivity index (χ4v) is 4.50. The second-order valence-electron chi connectivity index (χ2n) is 7.21. The topological polar surface area (TPSA) is 57.6 Å². The normalized spacial score (nSPS) is 18.4. The number of para-hydroxylation sites is 1. The van der Waals surface area contributed by atoms with E-state index in [0.717, 1.165) is 16.0 Å². The lowest BCUT2D eigenvalue weighted by atomic mass is 9.89. The van der Waals surface area contributed by atoms with Gasteiger partial charge in [-0.3, -0.25) is 9.59 Å². The van der Waals surface area contributed by atoms with Gasteiger partial charge in [-0.05, 0) is 43.2 Å². The van der Waals surface area contributed by atoms with Crippen molar-refractivity contribution in [2.75, 3.05) is 4.90 Å². The molecule has 0 saturated heterocycles. The van der Waals surface area contributed by atoms with Gasteiger partial charge in [0.25, 0.3) is 5.91 Å². The van der Waals surface area contributed by atoms with Gasteiger partial charge in [0.15, 0.2) is 11.4 Å². The average molecular weight is 391 g/mol. The van der Waals surface area contributed by atoms with Gasteiger partial charge in [0.05, 0.1) is 23.5 Å². The van der Waals surface area contributed by atoms with Crippen LogP contribution in [0, 0.1) is 13.8 Å². The van der Waals surface area contributed by atoms with Crippen molar-refractivity contribution in [3.05, 3.63) is 87.1 Å². The van der Waals surface area contributed by atoms with E-state index in [2.05, 4.69) is 0 Å². The number of hydrogen-bond donors (Lipinski definition) is 1. The molecule has 4 nitrogen and oxygen atoms in total. The van der Waals surface area contributed by atoms with Crippen molar-refractivity contribution in [2.24, 2.45) is 0 Å². The molecular weight excluding hydrogens is 370 g/mol. The maximum atomic E-state index is 13.3. The van der Waals surface area contributed by atoms with Crippen LogP contribution in [-0.4, -0.2) is 16.8 Å². The minimum absolute atomic E-state index is 0.221. The summed E-state index contributed by atoms with van der Waals surface area (Å²) >= 11 is 1.38. The van der Waals surface area contributed by atoms with Gasteiger partial charge in [-0.15, -0.1) is 11.3 Å². The molecule has 2 aromatic carbocycles. The number of rotatable bonds is 5. The van der Waals surface area contributed by atoms with E-state index in [1.807, 2.05) is 56.3 Å². The van der Waals surface area contributed by atoms with Gasteiger partial charge in [-0.2, -0.15) is 0 Å². The molecule has 1 N–H and O–H groups in total. The molecule has 0 saturated carbocycles. The maximum Gasteiger partial charge on any atom is 0.264 e. The Morgan fingerprint density at radius 1 is 1.04 bits per heavy atom. The van der Waals surface area contributed by atoms with E-state index < -0.39 is 11.5 Å². The fraction of sp³-hybridized carbons (Fsp3) is 0.217. The Balaban J connectivity index is 1.70. The Morgan fingerprint density at radius 3 is 2.46 bits per heavy atom. The van der Waals surface area contributed by atoms with E-state index in [1.165, 1.54) is 11.3 Å².